The molecule has 0 saturated heterocycles. The van der Waals surface area contributed by atoms with Crippen molar-refractivity contribution < 1.29 is 18.6 Å². The van der Waals surface area contributed by atoms with Crippen molar-refractivity contribution in [2.75, 3.05) is 20.3 Å². The van der Waals surface area contributed by atoms with Crippen molar-refractivity contribution in [1.29, 1.82) is 0 Å². The molecule has 3 nitrogen and oxygen atoms in total. The van der Waals surface area contributed by atoms with Gasteiger partial charge in [-0.15, -0.1) is 0 Å². The molecule has 0 amide bonds. The number of hydrogen-bond acceptors (Lipinski definition) is 3. The van der Waals surface area contributed by atoms with Gasteiger partial charge in [-0.1, -0.05) is 6.07 Å². The fourth-order valence-electron chi connectivity index (χ4n) is 1.78. The lowest BCUT2D eigenvalue weighted by atomic mass is 9.99. The van der Waals surface area contributed by atoms with E-state index in [0.717, 1.165) is 0 Å². The first-order chi connectivity index (χ1) is 8.52. The monoisotopic (exact) mass is 259 g/mol. The highest BCUT2D eigenvalue weighted by Gasteiger charge is 2.24. The number of aliphatic hydroxyl groups is 1. The van der Waals surface area contributed by atoms with E-state index < -0.39 is 17.2 Å². The summed E-state index contributed by atoms with van der Waals surface area (Å²) in [5.41, 5.74) is -0.518. The van der Waals surface area contributed by atoms with Gasteiger partial charge in [0, 0.05) is 31.4 Å². The highest BCUT2D eigenvalue weighted by molar-refractivity contribution is 5.19. The Bertz CT molecular complexity index is 359. The number of benzene rings is 1. The fraction of sp³-hybridized carbons (Fsp3) is 0.538. The summed E-state index contributed by atoms with van der Waals surface area (Å²) in [4.78, 5) is 0. The molecule has 0 spiro atoms. The third-order valence-electron chi connectivity index (χ3n) is 2.88. The van der Waals surface area contributed by atoms with Crippen molar-refractivity contribution >= 4 is 0 Å². The van der Waals surface area contributed by atoms with Crippen molar-refractivity contribution in [3.8, 4) is 0 Å². The normalized spacial score (nSPS) is 14.5. The van der Waals surface area contributed by atoms with Gasteiger partial charge in [0.15, 0.2) is 0 Å². The van der Waals surface area contributed by atoms with Gasteiger partial charge < -0.3 is 15.2 Å². The minimum absolute atomic E-state index is 0.00207. The minimum Gasteiger partial charge on any atom is -0.396 e. The zero-order valence-electron chi connectivity index (χ0n) is 10.7. The van der Waals surface area contributed by atoms with E-state index in [1.165, 1.54) is 18.2 Å². The van der Waals surface area contributed by atoms with Gasteiger partial charge in [0.1, 0.15) is 11.6 Å². The first-order valence-electron chi connectivity index (χ1n) is 5.80. The van der Waals surface area contributed by atoms with Gasteiger partial charge in [-0.3, -0.25) is 0 Å². The summed E-state index contributed by atoms with van der Waals surface area (Å²) in [7, 11) is 1.54. The first kappa shape index (κ1) is 15.0. The van der Waals surface area contributed by atoms with Gasteiger partial charge in [-0.25, -0.2) is 8.78 Å². The van der Waals surface area contributed by atoms with Crippen LogP contribution in [0, 0.1) is 11.6 Å². The van der Waals surface area contributed by atoms with Crippen LogP contribution < -0.4 is 5.32 Å². The van der Waals surface area contributed by atoms with Crippen molar-refractivity contribution in [3.05, 3.63) is 35.4 Å². The van der Waals surface area contributed by atoms with Gasteiger partial charge in [0.25, 0.3) is 0 Å². The summed E-state index contributed by atoms with van der Waals surface area (Å²) in [5, 5.41) is 12.0. The number of halogens is 2. The topological polar surface area (TPSA) is 41.5 Å². The molecular formula is C13H19F2NO2. The quantitative estimate of drug-likeness (QED) is 0.785. The number of hydrogen-bond donors (Lipinski definition) is 2. The molecule has 0 radical (unpaired) electrons. The summed E-state index contributed by atoms with van der Waals surface area (Å²) >= 11 is 0. The Kier molecular flexibility index (Phi) is 5.65. The molecule has 0 aliphatic heterocycles. The van der Waals surface area contributed by atoms with Crippen LogP contribution in [0.5, 0.6) is 0 Å². The fourth-order valence-corrected chi connectivity index (χ4v) is 1.78. The number of aliphatic hydroxyl groups excluding tert-OH is 1. The highest BCUT2D eigenvalue weighted by Crippen LogP contribution is 2.15. The average molecular weight is 259 g/mol. The molecular weight excluding hydrogens is 240 g/mol. The molecule has 1 aromatic carbocycles. The van der Waals surface area contributed by atoms with Crippen molar-refractivity contribution in [2.24, 2.45) is 0 Å². The maximum absolute atomic E-state index is 13.4. The highest BCUT2D eigenvalue weighted by atomic mass is 19.1. The van der Waals surface area contributed by atoms with E-state index in [2.05, 4.69) is 5.32 Å². The largest absolute Gasteiger partial charge is 0.396 e. The third-order valence-corrected chi connectivity index (χ3v) is 2.88. The molecule has 0 aromatic heterocycles. The molecule has 0 saturated carbocycles. The Balaban J connectivity index is 2.72. The molecule has 1 unspecified atom stereocenters. The van der Waals surface area contributed by atoms with Gasteiger partial charge >= 0.3 is 0 Å². The second kappa shape index (κ2) is 6.78. The SMILES string of the molecule is COCC(C)(CCO)NCc1c(F)cccc1F. The molecule has 0 heterocycles. The molecule has 2 N–H and O–H groups in total. The van der Waals surface area contributed by atoms with Gasteiger partial charge in [-0.05, 0) is 25.5 Å². The van der Waals surface area contributed by atoms with E-state index in [-0.39, 0.29) is 18.7 Å². The molecule has 18 heavy (non-hydrogen) atoms. The van der Waals surface area contributed by atoms with Crippen LogP contribution in [0.2, 0.25) is 0 Å². The Morgan fingerprint density at radius 1 is 1.33 bits per heavy atom. The lowest BCUT2D eigenvalue weighted by molar-refractivity contribution is 0.0965. The van der Waals surface area contributed by atoms with Gasteiger partial charge in [0.05, 0.1) is 6.61 Å². The van der Waals surface area contributed by atoms with Crippen LogP contribution in [0.3, 0.4) is 0 Å². The smallest absolute Gasteiger partial charge is 0.130 e. The van der Waals surface area contributed by atoms with Crippen LogP contribution in [0.25, 0.3) is 0 Å². The van der Waals surface area contributed by atoms with Crippen LogP contribution in [0.15, 0.2) is 18.2 Å². The second-order valence-electron chi connectivity index (χ2n) is 4.52. The lowest BCUT2D eigenvalue weighted by Crippen LogP contribution is -2.46. The summed E-state index contributed by atoms with van der Waals surface area (Å²) in [6.45, 7) is 2.22. The standard InChI is InChI=1S/C13H19F2NO2/c1-13(6-7-17,9-18-2)16-8-10-11(14)4-3-5-12(10)15/h3-5,16-17H,6-9H2,1-2H3. The minimum atomic E-state index is -0.578. The maximum atomic E-state index is 13.4. The summed E-state index contributed by atoms with van der Waals surface area (Å²) in [5.74, 6) is -1.16. The van der Waals surface area contributed by atoms with Crippen LogP contribution in [-0.2, 0) is 11.3 Å². The Hall–Kier alpha value is -1.04. The molecule has 1 aromatic rings. The molecule has 102 valence electrons. The molecule has 0 fully saturated rings. The van der Waals surface area contributed by atoms with Gasteiger partial charge in [0.2, 0.25) is 0 Å². The number of rotatable bonds is 7. The zero-order chi connectivity index (χ0) is 13.6. The lowest BCUT2D eigenvalue weighted by Gasteiger charge is -2.29. The van der Waals surface area contributed by atoms with E-state index in [0.29, 0.717) is 13.0 Å². The van der Waals surface area contributed by atoms with Crippen LogP contribution >= 0.6 is 0 Å². The van der Waals surface area contributed by atoms with Crippen molar-refractivity contribution in [2.45, 2.75) is 25.4 Å². The summed E-state index contributed by atoms with van der Waals surface area (Å²) in [6, 6.07) is 3.77. The van der Waals surface area contributed by atoms with Gasteiger partial charge in [-0.2, -0.15) is 0 Å². The van der Waals surface area contributed by atoms with E-state index in [4.69, 9.17) is 9.84 Å². The maximum Gasteiger partial charge on any atom is 0.130 e. The molecule has 5 heteroatoms. The van der Waals surface area contributed by atoms with E-state index in [9.17, 15) is 8.78 Å². The van der Waals surface area contributed by atoms with Crippen molar-refractivity contribution in [3.63, 3.8) is 0 Å². The van der Waals surface area contributed by atoms with Crippen LogP contribution in [-0.4, -0.2) is 31.0 Å². The van der Waals surface area contributed by atoms with Crippen LogP contribution in [0.4, 0.5) is 8.78 Å². The third kappa shape index (κ3) is 4.01. The van der Waals surface area contributed by atoms with Crippen molar-refractivity contribution in [1.82, 2.24) is 5.32 Å². The first-order valence-corrected chi connectivity index (χ1v) is 5.80. The number of methoxy groups -OCH3 is 1. The number of ether oxygens (including phenoxy) is 1. The summed E-state index contributed by atoms with van der Waals surface area (Å²) < 4.78 is 31.9. The van der Waals surface area contributed by atoms with Crippen LogP contribution in [0.1, 0.15) is 18.9 Å². The Morgan fingerprint density at radius 2 is 1.94 bits per heavy atom. The number of nitrogens with one attached hydrogen (secondary N) is 1. The Labute approximate surface area is 106 Å². The van der Waals surface area contributed by atoms with E-state index in [1.807, 2.05) is 6.92 Å². The molecule has 0 aliphatic carbocycles. The second-order valence-corrected chi connectivity index (χ2v) is 4.52. The average Bonchev–Trinajstić information content (AvgIpc) is 2.29. The molecule has 0 aliphatic rings. The molecule has 0 bridgehead atoms. The van der Waals surface area contributed by atoms with E-state index >= 15 is 0 Å². The molecule has 1 rings (SSSR count). The predicted molar refractivity (Wildman–Crippen MR) is 65.2 cm³/mol. The van der Waals surface area contributed by atoms with E-state index in [1.54, 1.807) is 7.11 Å². The Morgan fingerprint density at radius 3 is 2.44 bits per heavy atom. The zero-order valence-corrected chi connectivity index (χ0v) is 10.7. The summed E-state index contributed by atoms with van der Waals surface area (Å²) in [6.07, 6.45) is 0.441. The molecule has 1 atom stereocenters. The predicted octanol–water partition coefficient (Wildman–Crippen LogP) is 1.84.